The van der Waals surface area contributed by atoms with Crippen molar-refractivity contribution < 1.29 is 12.8 Å². The summed E-state index contributed by atoms with van der Waals surface area (Å²) in [6, 6.07) is 3.60. The Labute approximate surface area is 116 Å². The van der Waals surface area contributed by atoms with Crippen molar-refractivity contribution in [3.63, 3.8) is 0 Å². The average Bonchev–Trinajstić information content (AvgIpc) is 2.71. The van der Waals surface area contributed by atoms with Crippen molar-refractivity contribution in [2.45, 2.75) is 4.21 Å². The summed E-state index contributed by atoms with van der Waals surface area (Å²) in [5.74, 6) is -0.709. The van der Waals surface area contributed by atoms with Crippen LogP contribution in [0.2, 0.25) is 9.49 Å². The second kappa shape index (κ2) is 5.00. The average molecular weight is 327 g/mol. The van der Waals surface area contributed by atoms with Crippen LogP contribution in [0.3, 0.4) is 0 Å². The van der Waals surface area contributed by atoms with Crippen LogP contribution in [-0.2, 0) is 10.0 Å². The lowest BCUT2D eigenvalue weighted by Crippen LogP contribution is -2.11. The third-order valence-electron chi connectivity index (χ3n) is 1.89. The highest BCUT2D eigenvalue weighted by atomic mass is 35.5. The Morgan fingerprint density at radius 2 is 2.06 bits per heavy atom. The number of thiazole rings is 1. The first-order chi connectivity index (χ1) is 8.38. The van der Waals surface area contributed by atoms with Gasteiger partial charge in [-0.1, -0.05) is 34.5 Å². The monoisotopic (exact) mass is 326 g/mol. The summed E-state index contributed by atoms with van der Waals surface area (Å²) in [5, 5.41) is -0.0845. The van der Waals surface area contributed by atoms with Crippen LogP contribution in [-0.4, -0.2) is 13.4 Å². The number of aromatic nitrogens is 1. The zero-order valence-corrected chi connectivity index (χ0v) is 11.7. The molecule has 0 saturated carbocycles. The van der Waals surface area contributed by atoms with Crippen molar-refractivity contribution in [3.8, 4) is 0 Å². The van der Waals surface area contributed by atoms with Crippen molar-refractivity contribution in [1.29, 1.82) is 0 Å². The summed E-state index contributed by atoms with van der Waals surface area (Å²) in [7, 11) is -3.81. The zero-order chi connectivity index (χ0) is 13.3. The molecule has 1 heterocycles. The molecule has 0 atom stereocenters. The summed E-state index contributed by atoms with van der Waals surface area (Å²) in [4.78, 5) is 3.63. The van der Waals surface area contributed by atoms with E-state index < -0.39 is 15.8 Å². The van der Waals surface area contributed by atoms with E-state index in [4.69, 9.17) is 23.2 Å². The van der Waals surface area contributed by atoms with Crippen molar-refractivity contribution in [1.82, 2.24) is 4.98 Å². The van der Waals surface area contributed by atoms with Crippen LogP contribution in [0.4, 0.5) is 10.1 Å². The third kappa shape index (κ3) is 2.92. The standard InChI is InChI=1S/C9H5Cl2FN2O2S2/c10-6-2-1-5(3-7(6)12)14-18(15,16)8-4-13-9(11)17-8/h1-4,14H. The Morgan fingerprint density at radius 3 is 2.61 bits per heavy atom. The van der Waals surface area contributed by atoms with Crippen molar-refractivity contribution >= 4 is 50.2 Å². The highest BCUT2D eigenvalue weighted by molar-refractivity contribution is 7.94. The third-order valence-corrected chi connectivity index (χ3v) is 5.16. The lowest BCUT2D eigenvalue weighted by Gasteiger charge is -2.06. The molecule has 0 spiro atoms. The Bertz CT molecular complexity index is 688. The molecule has 0 amide bonds. The number of benzene rings is 1. The molecular weight excluding hydrogens is 322 g/mol. The van der Waals surface area contributed by atoms with Gasteiger partial charge in [-0.15, -0.1) is 0 Å². The fraction of sp³-hybridized carbons (Fsp3) is 0. The number of hydrogen-bond donors (Lipinski definition) is 1. The molecule has 2 aromatic rings. The van der Waals surface area contributed by atoms with Gasteiger partial charge in [-0.05, 0) is 18.2 Å². The number of halogens is 3. The SMILES string of the molecule is O=S(=O)(Nc1ccc(Cl)c(F)c1)c1cnc(Cl)s1. The topological polar surface area (TPSA) is 59.1 Å². The van der Waals surface area contributed by atoms with E-state index in [1.54, 1.807) is 0 Å². The van der Waals surface area contributed by atoms with Crippen molar-refractivity contribution in [2.75, 3.05) is 4.72 Å². The number of nitrogens with zero attached hydrogens (tertiary/aromatic N) is 1. The minimum Gasteiger partial charge on any atom is -0.279 e. The van der Waals surface area contributed by atoms with Gasteiger partial charge in [0.25, 0.3) is 10.0 Å². The van der Waals surface area contributed by atoms with E-state index in [1.807, 2.05) is 0 Å². The Hall–Kier alpha value is -0.890. The van der Waals surface area contributed by atoms with Crippen molar-refractivity contribution in [2.24, 2.45) is 0 Å². The quantitative estimate of drug-likeness (QED) is 0.940. The molecule has 0 aliphatic carbocycles. The molecule has 4 nitrogen and oxygen atoms in total. The fourth-order valence-corrected chi connectivity index (χ4v) is 3.59. The largest absolute Gasteiger partial charge is 0.279 e. The number of nitrogens with one attached hydrogen (secondary N) is 1. The Morgan fingerprint density at radius 1 is 1.33 bits per heavy atom. The van der Waals surface area contributed by atoms with Crippen LogP contribution in [0.15, 0.2) is 28.6 Å². The molecule has 1 N–H and O–H groups in total. The lowest BCUT2D eigenvalue weighted by molar-refractivity contribution is 0.603. The molecule has 0 aliphatic rings. The molecule has 0 aliphatic heterocycles. The van der Waals surface area contributed by atoms with Gasteiger partial charge in [0, 0.05) is 0 Å². The maximum atomic E-state index is 13.2. The van der Waals surface area contributed by atoms with Crippen LogP contribution in [0.1, 0.15) is 0 Å². The minimum atomic E-state index is -3.81. The van der Waals surface area contributed by atoms with Gasteiger partial charge in [0.2, 0.25) is 0 Å². The molecule has 2 rings (SSSR count). The summed E-state index contributed by atoms with van der Waals surface area (Å²) in [5.41, 5.74) is 0.0708. The first-order valence-corrected chi connectivity index (χ1v) is 7.53. The van der Waals surface area contributed by atoms with Gasteiger partial charge in [-0.3, -0.25) is 4.72 Å². The molecule has 18 heavy (non-hydrogen) atoms. The van der Waals surface area contributed by atoms with Gasteiger partial charge >= 0.3 is 0 Å². The van der Waals surface area contributed by atoms with Gasteiger partial charge in [-0.25, -0.2) is 17.8 Å². The first kappa shape index (κ1) is 13.5. The minimum absolute atomic E-state index is 0.0529. The maximum Gasteiger partial charge on any atom is 0.273 e. The molecule has 1 aromatic carbocycles. The molecule has 0 radical (unpaired) electrons. The van der Waals surface area contributed by atoms with Gasteiger partial charge in [0.15, 0.2) is 8.68 Å². The summed E-state index contributed by atoms with van der Waals surface area (Å²) in [6.45, 7) is 0. The van der Waals surface area contributed by atoms with Crippen LogP contribution >= 0.6 is 34.5 Å². The molecule has 0 saturated heterocycles. The summed E-state index contributed by atoms with van der Waals surface area (Å²) < 4.78 is 39.1. The van der Waals surface area contributed by atoms with Crippen LogP contribution in [0, 0.1) is 5.82 Å². The predicted octanol–water partition coefficient (Wildman–Crippen LogP) is 3.39. The van der Waals surface area contributed by atoms with Crippen LogP contribution in [0.25, 0.3) is 0 Å². The summed E-state index contributed by atoms with van der Waals surface area (Å²) >= 11 is 11.9. The lowest BCUT2D eigenvalue weighted by atomic mass is 10.3. The van der Waals surface area contributed by atoms with E-state index in [2.05, 4.69) is 9.71 Å². The Kier molecular flexibility index (Phi) is 3.76. The molecule has 0 unspecified atom stereocenters. The molecule has 0 bridgehead atoms. The van der Waals surface area contributed by atoms with Gasteiger partial charge < -0.3 is 0 Å². The van der Waals surface area contributed by atoms with Crippen LogP contribution < -0.4 is 4.72 Å². The summed E-state index contributed by atoms with van der Waals surface area (Å²) in [6.07, 6.45) is 1.13. The van der Waals surface area contributed by atoms with E-state index in [1.165, 1.54) is 12.1 Å². The van der Waals surface area contributed by atoms with E-state index >= 15 is 0 Å². The number of hydrogen-bond acceptors (Lipinski definition) is 4. The molecule has 0 fully saturated rings. The van der Waals surface area contributed by atoms with Crippen molar-refractivity contribution in [3.05, 3.63) is 39.7 Å². The molecule has 1 aromatic heterocycles. The molecular formula is C9H5Cl2FN2O2S2. The van der Waals surface area contributed by atoms with E-state index in [-0.39, 0.29) is 19.4 Å². The molecule has 96 valence electrons. The van der Waals surface area contributed by atoms with E-state index in [9.17, 15) is 12.8 Å². The highest BCUT2D eigenvalue weighted by Crippen LogP contribution is 2.26. The second-order valence-electron chi connectivity index (χ2n) is 3.17. The zero-order valence-electron chi connectivity index (χ0n) is 8.52. The fourth-order valence-electron chi connectivity index (χ4n) is 1.13. The van der Waals surface area contributed by atoms with E-state index in [0.717, 1.165) is 23.6 Å². The number of sulfonamides is 1. The highest BCUT2D eigenvalue weighted by Gasteiger charge is 2.18. The predicted molar refractivity (Wildman–Crippen MR) is 69.3 cm³/mol. The normalized spacial score (nSPS) is 11.5. The number of anilines is 1. The number of rotatable bonds is 3. The molecule has 9 heteroatoms. The van der Waals surface area contributed by atoms with Gasteiger partial charge in [0.05, 0.1) is 16.9 Å². The van der Waals surface area contributed by atoms with E-state index in [0.29, 0.717) is 0 Å². The van der Waals surface area contributed by atoms with Gasteiger partial charge in [0.1, 0.15) is 5.82 Å². The maximum absolute atomic E-state index is 13.2. The first-order valence-electron chi connectivity index (χ1n) is 4.48. The smallest absolute Gasteiger partial charge is 0.273 e. The second-order valence-corrected chi connectivity index (χ2v) is 7.10. The van der Waals surface area contributed by atoms with Crippen LogP contribution in [0.5, 0.6) is 0 Å². The Balaban J connectivity index is 2.30. The van der Waals surface area contributed by atoms with Gasteiger partial charge in [-0.2, -0.15) is 0 Å².